The summed E-state index contributed by atoms with van der Waals surface area (Å²) in [6.45, 7) is 5.56. The summed E-state index contributed by atoms with van der Waals surface area (Å²) in [7, 11) is 0. The Bertz CT molecular complexity index is 1010. The second-order valence-corrected chi connectivity index (χ2v) is 6.46. The van der Waals surface area contributed by atoms with Crippen LogP contribution in [-0.4, -0.2) is 28.2 Å². The Hall–Kier alpha value is -3.03. The average Bonchev–Trinajstić information content (AvgIpc) is 3.01. The number of hydrogen-bond acceptors (Lipinski definition) is 4. The lowest BCUT2D eigenvalue weighted by atomic mass is 10.2. The van der Waals surface area contributed by atoms with Crippen LogP contribution in [0.5, 0.6) is 5.75 Å². The van der Waals surface area contributed by atoms with Crippen molar-refractivity contribution in [3.8, 4) is 11.4 Å². The molecule has 0 spiro atoms. The number of alkyl halides is 3. The Balaban J connectivity index is 1.89. The largest absolute Gasteiger partial charge is 0.479 e. The van der Waals surface area contributed by atoms with Gasteiger partial charge in [-0.2, -0.15) is 13.2 Å². The van der Waals surface area contributed by atoms with Crippen LogP contribution in [-0.2, 0) is 15.7 Å². The van der Waals surface area contributed by atoms with Crippen molar-refractivity contribution in [1.29, 1.82) is 0 Å². The number of imidazole rings is 1. The van der Waals surface area contributed by atoms with Crippen molar-refractivity contribution in [2.75, 3.05) is 6.61 Å². The summed E-state index contributed by atoms with van der Waals surface area (Å²) in [5.41, 5.74) is 0.831. The zero-order valence-corrected chi connectivity index (χ0v) is 16.3. The summed E-state index contributed by atoms with van der Waals surface area (Å²) in [4.78, 5) is 16.1. The van der Waals surface area contributed by atoms with Crippen LogP contribution < -0.4 is 4.74 Å². The number of aryl methyl sites for hydroxylation is 1. The lowest BCUT2D eigenvalue weighted by Crippen LogP contribution is -2.28. The smallest absolute Gasteiger partial charge is 0.416 e. The number of carbonyl (C=O) groups is 1. The van der Waals surface area contributed by atoms with Crippen molar-refractivity contribution < 1.29 is 27.4 Å². The van der Waals surface area contributed by atoms with Crippen LogP contribution in [0.15, 0.2) is 42.5 Å². The minimum Gasteiger partial charge on any atom is -0.479 e. The maximum Gasteiger partial charge on any atom is 0.416 e. The molecule has 0 aliphatic heterocycles. The van der Waals surface area contributed by atoms with Gasteiger partial charge >= 0.3 is 12.1 Å². The molecule has 29 heavy (non-hydrogen) atoms. The Labute approximate surface area is 166 Å². The van der Waals surface area contributed by atoms with Crippen LogP contribution in [0.1, 0.15) is 31.7 Å². The van der Waals surface area contributed by atoms with E-state index < -0.39 is 23.8 Å². The molecule has 0 saturated heterocycles. The summed E-state index contributed by atoms with van der Waals surface area (Å²) >= 11 is 0. The third kappa shape index (κ3) is 4.36. The van der Waals surface area contributed by atoms with E-state index in [9.17, 15) is 18.0 Å². The summed E-state index contributed by atoms with van der Waals surface area (Å²) in [5, 5.41) is 0. The highest BCUT2D eigenvalue weighted by atomic mass is 19.4. The number of ether oxygens (including phenoxy) is 2. The van der Waals surface area contributed by atoms with Crippen molar-refractivity contribution >= 4 is 17.0 Å². The molecular formula is C21H21F3N2O3. The molecule has 1 atom stereocenters. The zero-order valence-electron chi connectivity index (χ0n) is 16.3. The van der Waals surface area contributed by atoms with E-state index in [-0.39, 0.29) is 12.1 Å². The third-order valence-electron chi connectivity index (χ3n) is 4.44. The maximum atomic E-state index is 12.9. The van der Waals surface area contributed by atoms with E-state index in [4.69, 9.17) is 9.47 Å². The van der Waals surface area contributed by atoms with Gasteiger partial charge in [0.05, 0.1) is 23.2 Å². The molecule has 5 nitrogen and oxygen atoms in total. The molecule has 3 aromatic rings. The van der Waals surface area contributed by atoms with E-state index in [0.29, 0.717) is 23.5 Å². The Morgan fingerprint density at radius 2 is 1.83 bits per heavy atom. The zero-order chi connectivity index (χ0) is 21.2. The number of fused-ring (bicyclic) bond motifs is 1. The molecule has 0 radical (unpaired) electrons. The normalized spacial score (nSPS) is 12.8. The Kier molecular flexibility index (Phi) is 5.81. The first-order chi connectivity index (χ1) is 13.7. The predicted octanol–water partition coefficient (Wildman–Crippen LogP) is 5.07. The fourth-order valence-corrected chi connectivity index (χ4v) is 3.07. The molecule has 0 aliphatic carbocycles. The van der Waals surface area contributed by atoms with Crippen LogP contribution >= 0.6 is 0 Å². The number of halogens is 3. The van der Waals surface area contributed by atoms with E-state index in [0.717, 1.165) is 17.8 Å². The summed E-state index contributed by atoms with van der Waals surface area (Å²) in [5.74, 6) is 0.636. The molecule has 154 valence electrons. The van der Waals surface area contributed by atoms with Crippen molar-refractivity contribution in [3.63, 3.8) is 0 Å². The fraction of sp³-hybridized carbons (Fsp3) is 0.333. The van der Waals surface area contributed by atoms with Gasteiger partial charge in [-0.3, -0.25) is 4.57 Å². The fourth-order valence-electron chi connectivity index (χ4n) is 3.07. The topological polar surface area (TPSA) is 53.4 Å². The molecule has 8 heteroatoms. The Morgan fingerprint density at radius 1 is 1.14 bits per heavy atom. The summed E-state index contributed by atoms with van der Waals surface area (Å²) in [6, 6.07) is 10.4. The lowest BCUT2D eigenvalue weighted by molar-refractivity contribution is -0.151. The summed E-state index contributed by atoms with van der Waals surface area (Å²) < 4.78 is 51.3. The van der Waals surface area contributed by atoms with Gasteiger partial charge in [-0.05, 0) is 62.7 Å². The second kappa shape index (κ2) is 8.14. The molecule has 0 fully saturated rings. The standard InChI is InChI=1S/C21H21F3N2O3/c1-4-19(20(27)28-5-2)29-16-9-7-15(8-10-16)26-13(3)25-17-12-14(21(22,23)24)6-11-18(17)26/h6-12,19H,4-5H2,1-3H3. The number of hydrogen-bond donors (Lipinski definition) is 0. The first kappa shape index (κ1) is 20.7. The number of rotatable bonds is 6. The van der Waals surface area contributed by atoms with Gasteiger partial charge in [0.1, 0.15) is 11.6 Å². The molecule has 0 aliphatic rings. The monoisotopic (exact) mass is 406 g/mol. The van der Waals surface area contributed by atoms with Gasteiger partial charge in [0, 0.05) is 5.69 Å². The summed E-state index contributed by atoms with van der Waals surface area (Å²) in [6.07, 6.45) is -4.65. The van der Waals surface area contributed by atoms with Gasteiger partial charge < -0.3 is 9.47 Å². The van der Waals surface area contributed by atoms with Crippen molar-refractivity contribution in [2.24, 2.45) is 0 Å². The molecule has 0 bridgehead atoms. The molecule has 3 rings (SSSR count). The van der Waals surface area contributed by atoms with Gasteiger partial charge in [0.2, 0.25) is 0 Å². The van der Waals surface area contributed by atoms with Gasteiger partial charge in [0.25, 0.3) is 0 Å². The third-order valence-corrected chi connectivity index (χ3v) is 4.44. The van der Waals surface area contributed by atoms with Crippen molar-refractivity contribution in [3.05, 3.63) is 53.9 Å². The number of nitrogens with zero attached hydrogens (tertiary/aromatic N) is 2. The van der Waals surface area contributed by atoms with Crippen LogP contribution in [0.4, 0.5) is 13.2 Å². The molecule has 1 unspecified atom stereocenters. The van der Waals surface area contributed by atoms with Gasteiger partial charge in [-0.1, -0.05) is 6.92 Å². The van der Waals surface area contributed by atoms with Crippen LogP contribution in [0.2, 0.25) is 0 Å². The molecular weight excluding hydrogens is 385 g/mol. The highest BCUT2D eigenvalue weighted by Crippen LogP contribution is 2.32. The van der Waals surface area contributed by atoms with Crippen LogP contribution in [0.25, 0.3) is 16.7 Å². The van der Waals surface area contributed by atoms with E-state index in [1.54, 1.807) is 42.7 Å². The van der Waals surface area contributed by atoms with Crippen LogP contribution in [0, 0.1) is 6.92 Å². The molecule has 0 saturated carbocycles. The van der Waals surface area contributed by atoms with Gasteiger partial charge in [0.15, 0.2) is 6.10 Å². The number of esters is 1. The van der Waals surface area contributed by atoms with Crippen LogP contribution in [0.3, 0.4) is 0 Å². The maximum absolute atomic E-state index is 12.9. The molecule has 0 amide bonds. The van der Waals surface area contributed by atoms with E-state index >= 15 is 0 Å². The molecule has 2 aromatic carbocycles. The Morgan fingerprint density at radius 3 is 2.41 bits per heavy atom. The SMILES string of the molecule is CCOC(=O)C(CC)Oc1ccc(-n2c(C)nc3cc(C(F)(F)F)ccc32)cc1. The first-order valence-corrected chi connectivity index (χ1v) is 9.24. The lowest BCUT2D eigenvalue weighted by Gasteiger charge is -2.16. The number of aromatic nitrogens is 2. The molecule has 1 aromatic heterocycles. The van der Waals surface area contributed by atoms with Gasteiger partial charge in [-0.15, -0.1) is 0 Å². The van der Waals surface area contributed by atoms with E-state index in [2.05, 4.69) is 4.98 Å². The van der Waals surface area contributed by atoms with Crippen molar-refractivity contribution in [1.82, 2.24) is 9.55 Å². The van der Waals surface area contributed by atoms with Crippen molar-refractivity contribution in [2.45, 2.75) is 39.5 Å². The highest BCUT2D eigenvalue weighted by Gasteiger charge is 2.31. The second-order valence-electron chi connectivity index (χ2n) is 6.46. The molecule has 1 heterocycles. The average molecular weight is 406 g/mol. The van der Waals surface area contributed by atoms with E-state index in [1.165, 1.54) is 6.07 Å². The van der Waals surface area contributed by atoms with Gasteiger partial charge in [-0.25, -0.2) is 9.78 Å². The minimum atomic E-state index is -4.42. The quantitative estimate of drug-likeness (QED) is 0.536. The minimum absolute atomic E-state index is 0.269. The molecule has 0 N–H and O–H groups in total. The van der Waals surface area contributed by atoms with E-state index in [1.807, 2.05) is 6.92 Å². The highest BCUT2D eigenvalue weighted by molar-refractivity contribution is 5.79. The number of carbonyl (C=O) groups excluding carboxylic acids is 1. The predicted molar refractivity (Wildman–Crippen MR) is 102 cm³/mol. The number of benzene rings is 2. The first-order valence-electron chi connectivity index (χ1n) is 9.24.